The van der Waals surface area contributed by atoms with Gasteiger partial charge in [-0.25, -0.2) is 14.8 Å². The largest absolute Gasteiger partial charge is 0.351 e. The lowest BCUT2D eigenvalue weighted by atomic mass is 10.1. The van der Waals surface area contributed by atoms with Crippen molar-refractivity contribution < 1.29 is 14.4 Å². The molecular formula is C14H22N8O3S. The number of nitrogens with zero attached hydrogens (tertiary/aromatic N) is 3. The summed E-state index contributed by atoms with van der Waals surface area (Å²) in [5.41, 5.74) is 17.1. The van der Waals surface area contributed by atoms with Gasteiger partial charge in [-0.15, -0.1) is 11.3 Å². The zero-order chi connectivity index (χ0) is 19.3. The molecule has 1 aromatic heterocycles. The van der Waals surface area contributed by atoms with E-state index >= 15 is 0 Å². The second-order valence-electron chi connectivity index (χ2n) is 5.70. The first-order valence-corrected chi connectivity index (χ1v) is 8.77. The number of guanidine groups is 1. The molecule has 0 aliphatic carbocycles. The van der Waals surface area contributed by atoms with Gasteiger partial charge in [0.2, 0.25) is 11.9 Å². The molecule has 0 radical (unpaired) electrons. The van der Waals surface area contributed by atoms with Gasteiger partial charge >= 0.3 is 6.03 Å². The average molecular weight is 382 g/mol. The van der Waals surface area contributed by atoms with Crippen LogP contribution in [-0.2, 0) is 16.0 Å². The zero-order valence-electron chi connectivity index (χ0n) is 14.3. The summed E-state index contributed by atoms with van der Waals surface area (Å²) in [7, 11) is 1.50. The van der Waals surface area contributed by atoms with Gasteiger partial charge in [-0.05, 0) is 6.54 Å². The lowest BCUT2D eigenvalue weighted by Gasteiger charge is -2.29. The Morgan fingerprint density at radius 2 is 2.27 bits per heavy atom. The standard InChI is InChI=1S/C14H22N8O3S/c1-22(9-5-18-14(20-12(9)24)21-13(17)25)11(23)4-7(16)8-6-26-10(19-8)2-3-15/h6-7,9H,2-5,15-16H2,1H3,(H4,17,18,20,21,24,25)/t7-,9?/m1/s1. The van der Waals surface area contributed by atoms with Crippen LogP contribution in [0.25, 0.3) is 0 Å². The molecular weight excluding hydrogens is 360 g/mol. The quantitative estimate of drug-likeness (QED) is 0.380. The molecule has 12 heteroatoms. The Hall–Kier alpha value is -2.57. The molecule has 142 valence electrons. The summed E-state index contributed by atoms with van der Waals surface area (Å²) in [6.07, 6.45) is 0.662. The Kier molecular flexibility index (Phi) is 6.60. The highest BCUT2D eigenvalue weighted by Gasteiger charge is 2.31. The number of nitrogens with two attached hydrogens (primary N) is 3. The Morgan fingerprint density at radius 1 is 1.54 bits per heavy atom. The summed E-state index contributed by atoms with van der Waals surface area (Å²) in [5.74, 6) is -0.814. The van der Waals surface area contributed by atoms with Gasteiger partial charge in [0, 0.05) is 25.3 Å². The van der Waals surface area contributed by atoms with Crippen LogP contribution in [-0.4, -0.2) is 59.9 Å². The van der Waals surface area contributed by atoms with E-state index in [0.717, 1.165) is 5.01 Å². The Bertz CT molecular complexity index is 719. The first kappa shape index (κ1) is 19.8. The fourth-order valence-electron chi connectivity index (χ4n) is 2.33. The van der Waals surface area contributed by atoms with Crippen LogP contribution >= 0.6 is 11.3 Å². The number of carbonyl (C=O) groups is 3. The fraction of sp³-hybridized carbons (Fsp3) is 0.500. The van der Waals surface area contributed by atoms with Crippen molar-refractivity contribution in [3.05, 3.63) is 16.1 Å². The number of thiazole rings is 1. The summed E-state index contributed by atoms with van der Waals surface area (Å²) < 4.78 is 0. The third kappa shape index (κ3) is 4.97. The van der Waals surface area contributed by atoms with Crippen molar-refractivity contribution >= 4 is 35.1 Å². The normalized spacial score (nSPS) is 17.9. The molecule has 1 aliphatic rings. The van der Waals surface area contributed by atoms with Crippen LogP contribution in [0.1, 0.15) is 23.2 Å². The molecule has 2 atom stereocenters. The molecule has 2 heterocycles. The Labute approximate surface area is 154 Å². The van der Waals surface area contributed by atoms with Crippen molar-refractivity contribution in [1.82, 2.24) is 20.5 Å². The van der Waals surface area contributed by atoms with E-state index in [0.29, 0.717) is 18.7 Å². The molecule has 2 rings (SSSR count). The van der Waals surface area contributed by atoms with Crippen molar-refractivity contribution in [3.63, 3.8) is 0 Å². The minimum absolute atomic E-state index is 0.00217. The van der Waals surface area contributed by atoms with E-state index in [4.69, 9.17) is 17.2 Å². The maximum atomic E-state index is 12.4. The van der Waals surface area contributed by atoms with Gasteiger partial charge in [-0.2, -0.15) is 0 Å². The number of primary amides is 1. The summed E-state index contributed by atoms with van der Waals surface area (Å²) in [6.45, 7) is 0.504. The van der Waals surface area contributed by atoms with Crippen LogP contribution in [0, 0.1) is 0 Å². The highest BCUT2D eigenvalue weighted by molar-refractivity contribution is 7.09. The topological polar surface area (TPSA) is 182 Å². The van der Waals surface area contributed by atoms with Gasteiger partial charge in [0.05, 0.1) is 23.3 Å². The fourth-order valence-corrected chi connectivity index (χ4v) is 3.21. The highest BCUT2D eigenvalue weighted by Crippen LogP contribution is 2.19. The SMILES string of the molecule is CN(C(=O)C[C@@H](N)c1csc(CCN)n1)C1CN=C(NC(N)=O)NC1=O. The van der Waals surface area contributed by atoms with Gasteiger partial charge in [-0.1, -0.05) is 0 Å². The number of urea groups is 1. The monoisotopic (exact) mass is 382 g/mol. The molecule has 11 nitrogen and oxygen atoms in total. The molecule has 1 unspecified atom stereocenters. The third-order valence-electron chi connectivity index (χ3n) is 3.77. The van der Waals surface area contributed by atoms with E-state index in [9.17, 15) is 14.4 Å². The number of nitrogens with one attached hydrogen (secondary N) is 2. The first-order valence-electron chi connectivity index (χ1n) is 7.89. The maximum absolute atomic E-state index is 12.4. The van der Waals surface area contributed by atoms with E-state index in [1.165, 1.54) is 23.3 Å². The van der Waals surface area contributed by atoms with Gasteiger partial charge in [0.25, 0.3) is 5.91 Å². The highest BCUT2D eigenvalue weighted by atomic mass is 32.1. The molecule has 1 aromatic rings. The molecule has 0 saturated heterocycles. The molecule has 0 aromatic carbocycles. The van der Waals surface area contributed by atoms with Gasteiger partial charge in [0.1, 0.15) is 6.04 Å². The number of aliphatic imine (C=N–C) groups is 1. The molecule has 0 spiro atoms. The molecule has 8 N–H and O–H groups in total. The molecule has 0 fully saturated rings. The molecule has 0 saturated carbocycles. The Balaban J connectivity index is 1.95. The summed E-state index contributed by atoms with van der Waals surface area (Å²) >= 11 is 1.45. The van der Waals surface area contributed by atoms with E-state index in [1.807, 2.05) is 5.38 Å². The Morgan fingerprint density at radius 3 is 2.88 bits per heavy atom. The van der Waals surface area contributed by atoms with Gasteiger partial charge in [-0.3, -0.25) is 20.2 Å². The predicted octanol–water partition coefficient (Wildman–Crippen LogP) is -1.98. The molecule has 26 heavy (non-hydrogen) atoms. The lowest BCUT2D eigenvalue weighted by Crippen LogP contribution is -2.58. The van der Waals surface area contributed by atoms with Crippen molar-refractivity contribution in [2.24, 2.45) is 22.2 Å². The number of amides is 4. The summed E-state index contributed by atoms with van der Waals surface area (Å²) in [4.78, 5) is 45.0. The first-order chi connectivity index (χ1) is 12.3. The van der Waals surface area contributed by atoms with Gasteiger partial charge < -0.3 is 22.1 Å². The number of hydrogen-bond acceptors (Lipinski definition) is 8. The van der Waals surface area contributed by atoms with E-state index in [2.05, 4.69) is 20.6 Å². The zero-order valence-corrected chi connectivity index (χ0v) is 15.1. The number of aromatic nitrogens is 1. The van der Waals surface area contributed by atoms with Crippen molar-refractivity contribution in [1.29, 1.82) is 0 Å². The second-order valence-corrected chi connectivity index (χ2v) is 6.65. The van der Waals surface area contributed by atoms with E-state index < -0.39 is 24.0 Å². The van der Waals surface area contributed by atoms with Crippen molar-refractivity contribution in [2.45, 2.75) is 24.9 Å². The number of likely N-dealkylation sites (N-methyl/N-ethyl adjacent to an activating group) is 1. The molecule has 1 aliphatic heterocycles. The smallest absolute Gasteiger partial charge is 0.318 e. The van der Waals surface area contributed by atoms with Crippen LogP contribution in [0.3, 0.4) is 0 Å². The molecule has 0 bridgehead atoms. The molecule has 4 amide bonds. The predicted molar refractivity (Wildman–Crippen MR) is 96.1 cm³/mol. The van der Waals surface area contributed by atoms with Crippen molar-refractivity contribution in [3.8, 4) is 0 Å². The van der Waals surface area contributed by atoms with E-state index in [-0.39, 0.29) is 24.8 Å². The van der Waals surface area contributed by atoms with Crippen LogP contribution < -0.4 is 27.8 Å². The number of hydrogen-bond donors (Lipinski definition) is 5. The van der Waals surface area contributed by atoms with Crippen LogP contribution in [0.15, 0.2) is 10.4 Å². The van der Waals surface area contributed by atoms with E-state index in [1.54, 1.807) is 0 Å². The maximum Gasteiger partial charge on any atom is 0.318 e. The van der Waals surface area contributed by atoms with Crippen molar-refractivity contribution in [2.75, 3.05) is 20.1 Å². The van der Waals surface area contributed by atoms with Crippen LogP contribution in [0.2, 0.25) is 0 Å². The summed E-state index contributed by atoms with van der Waals surface area (Å²) in [5, 5.41) is 7.25. The average Bonchev–Trinajstić information content (AvgIpc) is 3.03. The summed E-state index contributed by atoms with van der Waals surface area (Å²) in [6, 6.07) is -2.21. The number of rotatable bonds is 6. The van der Waals surface area contributed by atoms with Gasteiger partial charge in [0.15, 0.2) is 0 Å². The second kappa shape index (κ2) is 8.69. The minimum atomic E-state index is -0.838. The lowest BCUT2D eigenvalue weighted by molar-refractivity contribution is -0.138. The minimum Gasteiger partial charge on any atom is -0.351 e. The third-order valence-corrected chi connectivity index (χ3v) is 4.70. The number of carbonyl (C=O) groups excluding carboxylic acids is 3. The van der Waals surface area contributed by atoms with Crippen LogP contribution in [0.4, 0.5) is 4.79 Å². The van der Waals surface area contributed by atoms with Crippen LogP contribution in [0.5, 0.6) is 0 Å².